The molecule has 138 valence electrons. The smallest absolute Gasteiger partial charge is 0.150 e. The van der Waals surface area contributed by atoms with Crippen molar-refractivity contribution in [2.45, 2.75) is 31.8 Å². The van der Waals surface area contributed by atoms with E-state index in [1.807, 2.05) is 6.08 Å². The first kappa shape index (κ1) is 16.1. The summed E-state index contributed by atoms with van der Waals surface area (Å²) in [6, 6.07) is 3.10. The minimum Gasteiger partial charge on any atom is -0.378 e. The van der Waals surface area contributed by atoms with Gasteiger partial charge in [0.25, 0.3) is 0 Å². The summed E-state index contributed by atoms with van der Waals surface area (Å²) in [6.07, 6.45) is 3.30. The van der Waals surface area contributed by atoms with E-state index in [1.54, 1.807) is 0 Å². The van der Waals surface area contributed by atoms with Gasteiger partial charge in [-0.2, -0.15) is 5.10 Å². The van der Waals surface area contributed by atoms with Crippen LogP contribution < -0.4 is 5.32 Å². The van der Waals surface area contributed by atoms with Gasteiger partial charge in [0.2, 0.25) is 0 Å². The number of nitrogens with one attached hydrogen (secondary N) is 2. The van der Waals surface area contributed by atoms with Gasteiger partial charge < -0.3 is 15.0 Å². The highest BCUT2D eigenvalue weighted by Gasteiger charge is 2.38. The largest absolute Gasteiger partial charge is 0.378 e. The van der Waals surface area contributed by atoms with Gasteiger partial charge in [0.05, 0.1) is 30.5 Å². The lowest BCUT2D eigenvalue weighted by molar-refractivity contribution is -0.0913. The predicted octanol–water partition coefficient (Wildman–Crippen LogP) is 2.70. The molecule has 6 nitrogen and oxygen atoms in total. The number of aromatic amines is 1. The van der Waals surface area contributed by atoms with Crippen LogP contribution in [0.25, 0.3) is 11.6 Å². The summed E-state index contributed by atoms with van der Waals surface area (Å²) >= 11 is 0. The summed E-state index contributed by atoms with van der Waals surface area (Å²) in [5.41, 5.74) is 3.84. The van der Waals surface area contributed by atoms with E-state index in [9.17, 15) is 4.39 Å². The first-order valence-corrected chi connectivity index (χ1v) is 9.33. The fraction of sp³-hybridized carbons (Fsp3) is 0.526. The molecule has 0 aromatic carbocycles. The Hall–Kier alpha value is -2.12. The molecule has 2 saturated heterocycles. The van der Waals surface area contributed by atoms with Crippen LogP contribution in [0.3, 0.4) is 0 Å². The normalized spacial score (nSPS) is 21.2. The molecule has 0 atom stereocenters. The van der Waals surface area contributed by atoms with Gasteiger partial charge in [0, 0.05) is 43.5 Å². The number of halogens is 1. The summed E-state index contributed by atoms with van der Waals surface area (Å²) in [7, 11) is 0. The van der Waals surface area contributed by atoms with E-state index in [2.05, 4.69) is 39.8 Å². The molecule has 0 unspecified atom stereocenters. The summed E-state index contributed by atoms with van der Waals surface area (Å²) in [5, 5.41) is 8.11. The van der Waals surface area contributed by atoms with Crippen LogP contribution in [0.5, 0.6) is 0 Å². The van der Waals surface area contributed by atoms with Crippen molar-refractivity contribution in [2.24, 2.45) is 0 Å². The van der Waals surface area contributed by atoms with Crippen molar-refractivity contribution < 1.29 is 9.13 Å². The Bertz CT molecular complexity index is 857. The van der Waals surface area contributed by atoms with E-state index in [4.69, 9.17) is 9.84 Å². The number of hydrogen-bond donors (Lipinski definition) is 2. The Kier molecular flexibility index (Phi) is 3.68. The molecule has 2 aromatic heterocycles. The van der Waals surface area contributed by atoms with Crippen molar-refractivity contribution in [2.75, 3.05) is 38.2 Å². The lowest BCUT2D eigenvalue weighted by Crippen LogP contribution is -2.58. The number of nitrogens with zero attached hydrogens (tertiary/aromatic N) is 3. The quantitative estimate of drug-likeness (QED) is 0.883. The maximum Gasteiger partial charge on any atom is 0.150 e. The van der Waals surface area contributed by atoms with E-state index < -0.39 is 0 Å². The lowest BCUT2D eigenvalue weighted by Gasteiger charge is -2.47. The summed E-state index contributed by atoms with van der Waals surface area (Å²) in [5.74, 6) is 1.02. The minimum atomic E-state index is -0.231. The van der Waals surface area contributed by atoms with Crippen LogP contribution in [0.1, 0.15) is 42.8 Å². The second kappa shape index (κ2) is 5.96. The number of ether oxygens (including phenoxy) is 1. The molecule has 0 radical (unpaired) electrons. The highest BCUT2D eigenvalue weighted by Crippen LogP contribution is 2.35. The second-order valence-electron chi connectivity index (χ2n) is 7.78. The van der Waals surface area contributed by atoms with Crippen LogP contribution in [0.4, 0.5) is 10.2 Å². The van der Waals surface area contributed by atoms with E-state index in [-0.39, 0.29) is 5.82 Å². The van der Waals surface area contributed by atoms with Crippen molar-refractivity contribution in [3.63, 3.8) is 0 Å². The third-order valence-corrected chi connectivity index (χ3v) is 5.69. The molecule has 26 heavy (non-hydrogen) atoms. The second-order valence-corrected chi connectivity index (χ2v) is 7.78. The zero-order chi connectivity index (χ0) is 17.8. The van der Waals surface area contributed by atoms with Crippen molar-refractivity contribution in [3.8, 4) is 0 Å². The summed E-state index contributed by atoms with van der Waals surface area (Å²) < 4.78 is 21.4. The van der Waals surface area contributed by atoms with Crippen LogP contribution in [0.15, 0.2) is 12.3 Å². The van der Waals surface area contributed by atoms with Gasteiger partial charge >= 0.3 is 0 Å². The molecule has 0 aliphatic carbocycles. The van der Waals surface area contributed by atoms with Gasteiger partial charge in [-0.15, -0.1) is 0 Å². The number of likely N-dealkylation sites (tertiary alicyclic amines) is 1. The average Bonchev–Trinajstić information content (AvgIpc) is 3.13. The summed E-state index contributed by atoms with van der Waals surface area (Å²) in [6.45, 7) is 8.84. The van der Waals surface area contributed by atoms with E-state index in [1.165, 1.54) is 11.9 Å². The van der Waals surface area contributed by atoms with E-state index in [0.717, 1.165) is 43.4 Å². The standard InChI is InChI=1S/C19H24FN5O/c1-11(2)25-18(13-7-24(8-13)14-9-26-10-14)4-17(23-25)12-3-15-16(20)6-22-19(15)21-5-12/h3-4,6,11,13-14,21-22H,5,7-10H2,1-2H3. The van der Waals surface area contributed by atoms with E-state index >= 15 is 0 Å². The first-order chi connectivity index (χ1) is 12.6. The van der Waals surface area contributed by atoms with Crippen molar-refractivity contribution in [3.05, 3.63) is 35.0 Å². The Balaban J connectivity index is 1.42. The number of H-pyrrole nitrogens is 1. The minimum absolute atomic E-state index is 0.231. The Morgan fingerprint density at radius 3 is 2.81 bits per heavy atom. The number of anilines is 1. The zero-order valence-corrected chi connectivity index (χ0v) is 15.1. The molecule has 2 aromatic rings. The molecular weight excluding hydrogens is 333 g/mol. The van der Waals surface area contributed by atoms with Crippen molar-refractivity contribution >= 4 is 17.5 Å². The number of aromatic nitrogens is 3. The maximum absolute atomic E-state index is 13.9. The van der Waals surface area contributed by atoms with Gasteiger partial charge in [0.1, 0.15) is 11.6 Å². The molecule has 5 rings (SSSR count). The van der Waals surface area contributed by atoms with Gasteiger partial charge in [-0.3, -0.25) is 9.58 Å². The maximum atomic E-state index is 13.9. The highest BCUT2D eigenvalue weighted by atomic mass is 19.1. The number of rotatable bonds is 4. The fourth-order valence-corrected chi connectivity index (χ4v) is 3.99. The fourth-order valence-electron chi connectivity index (χ4n) is 3.99. The van der Waals surface area contributed by atoms with Crippen LogP contribution in [-0.4, -0.2) is 58.6 Å². The molecule has 2 fully saturated rings. The lowest BCUT2D eigenvalue weighted by atomic mass is 9.92. The van der Waals surface area contributed by atoms with Gasteiger partial charge in [-0.05, 0) is 31.6 Å². The van der Waals surface area contributed by atoms with Crippen molar-refractivity contribution in [1.29, 1.82) is 0 Å². The molecule has 0 bridgehead atoms. The molecule has 5 heterocycles. The average molecular weight is 357 g/mol. The number of fused-ring (bicyclic) bond motifs is 1. The molecule has 2 N–H and O–H groups in total. The molecule has 0 spiro atoms. The third kappa shape index (κ3) is 2.49. The first-order valence-electron chi connectivity index (χ1n) is 9.33. The van der Waals surface area contributed by atoms with Crippen molar-refractivity contribution in [1.82, 2.24) is 19.7 Å². The molecule has 0 saturated carbocycles. The number of hydrogen-bond acceptors (Lipinski definition) is 4. The SMILES string of the molecule is CC(C)n1nc(C2=Cc3c(F)c[nH]c3NC2)cc1C1CN(C2COC2)C1. The molecule has 3 aliphatic heterocycles. The van der Waals surface area contributed by atoms with Gasteiger partial charge in [0.15, 0.2) is 0 Å². The molecule has 3 aliphatic rings. The molecule has 0 amide bonds. The van der Waals surface area contributed by atoms with E-state index in [0.29, 0.717) is 30.1 Å². The molecule has 7 heteroatoms. The van der Waals surface area contributed by atoms with Gasteiger partial charge in [-0.25, -0.2) is 4.39 Å². The van der Waals surface area contributed by atoms with Crippen LogP contribution in [-0.2, 0) is 4.74 Å². The van der Waals surface area contributed by atoms with Crippen LogP contribution >= 0.6 is 0 Å². The van der Waals surface area contributed by atoms with Crippen LogP contribution in [0.2, 0.25) is 0 Å². The predicted molar refractivity (Wildman–Crippen MR) is 98.6 cm³/mol. The Labute approximate surface area is 152 Å². The van der Waals surface area contributed by atoms with Gasteiger partial charge in [-0.1, -0.05) is 0 Å². The zero-order valence-electron chi connectivity index (χ0n) is 15.1. The Morgan fingerprint density at radius 1 is 1.31 bits per heavy atom. The third-order valence-electron chi connectivity index (χ3n) is 5.69. The van der Waals surface area contributed by atoms with Crippen LogP contribution in [0, 0.1) is 5.82 Å². The summed E-state index contributed by atoms with van der Waals surface area (Å²) in [4.78, 5) is 5.42. The monoisotopic (exact) mass is 357 g/mol. The molecular formula is C19H24FN5O. The highest BCUT2D eigenvalue weighted by molar-refractivity contribution is 5.88. The topological polar surface area (TPSA) is 58.1 Å². The Morgan fingerprint density at radius 2 is 2.12 bits per heavy atom.